The summed E-state index contributed by atoms with van der Waals surface area (Å²) in [5, 5.41) is 10.7. The molecule has 0 amide bonds. The minimum absolute atomic E-state index is 0.00176. The number of nitrogen functional groups attached to an aromatic ring is 1. The van der Waals surface area contributed by atoms with Crippen molar-refractivity contribution >= 4 is 21.4 Å². The van der Waals surface area contributed by atoms with Gasteiger partial charge in [-0.15, -0.1) is 0 Å². The third-order valence-electron chi connectivity index (χ3n) is 3.79. The van der Waals surface area contributed by atoms with Crippen LogP contribution in [0.2, 0.25) is 0 Å². The zero-order valence-electron chi connectivity index (χ0n) is 11.3. The number of hydrogen-bond donors (Lipinski definition) is 1. The van der Waals surface area contributed by atoms with Crippen molar-refractivity contribution in [1.29, 1.82) is 0 Å². The van der Waals surface area contributed by atoms with Crippen molar-refractivity contribution in [2.75, 3.05) is 18.8 Å². The van der Waals surface area contributed by atoms with Gasteiger partial charge in [-0.05, 0) is 24.0 Å². The van der Waals surface area contributed by atoms with Gasteiger partial charge in [0.05, 0.1) is 9.82 Å². The van der Waals surface area contributed by atoms with Gasteiger partial charge in [0.15, 0.2) is 0 Å². The highest BCUT2D eigenvalue weighted by atomic mass is 32.2. The Kier molecular flexibility index (Phi) is 3.70. The highest BCUT2D eigenvalue weighted by Crippen LogP contribution is 2.30. The Balaban J connectivity index is 2.36. The molecule has 0 radical (unpaired) electrons. The lowest BCUT2D eigenvalue weighted by molar-refractivity contribution is -0.383. The molecule has 2 atom stereocenters. The summed E-state index contributed by atoms with van der Waals surface area (Å²) in [6.45, 7) is 4.93. The van der Waals surface area contributed by atoms with Gasteiger partial charge in [-0.1, -0.05) is 13.8 Å². The van der Waals surface area contributed by atoms with Gasteiger partial charge < -0.3 is 5.73 Å². The first-order valence-electron chi connectivity index (χ1n) is 6.27. The Hall–Kier alpha value is -1.67. The van der Waals surface area contributed by atoms with E-state index in [-0.39, 0.29) is 16.3 Å². The van der Waals surface area contributed by atoms with Crippen LogP contribution in [-0.2, 0) is 10.0 Å². The molecule has 0 bridgehead atoms. The summed E-state index contributed by atoms with van der Waals surface area (Å²) < 4.78 is 26.3. The summed E-state index contributed by atoms with van der Waals surface area (Å²) >= 11 is 0. The smallest absolute Gasteiger partial charge is 0.292 e. The fourth-order valence-electron chi connectivity index (χ4n) is 2.28. The van der Waals surface area contributed by atoms with Crippen LogP contribution in [-0.4, -0.2) is 30.7 Å². The Bertz CT molecular complexity index is 634. The highest BCUT2D eigenvalue weighted by molar-refractivity contribution is 7.89. The van der Waals surface area contributed by atoms with Crippen LogP contribution in [0.5, 0.6) is 0 Å². The molecule has 1 aromatic rings. The van der Waals surface area contributed by atoms with Crippen LogP contribution in [0.1, 0.15) is 13.8 Å². The first-order chi connectivity index (χ1) is 9.23. The van der Waals surface area contributed by atoms with E-state index in [1.165, 1.54) is 10.4 Å². The van der Waals surface area contributed by atoms with Crippen LogP contribution in [0.15, 0.2) is 23.1 Å². The molecule has 1 saturated heterocycles. The standard InChI is InChI=1S/C12H17N3O4S/c1-8-6-14(7-9(8)2)20(18,19)10-3-4-12(15(16)17)11(13)5-10/h3-5,8-9H,6-7,13H2,1-2H3. The van der Waals surface area contributed by atoms with E-state index in [0.717, 1.165) is 12.1 Å². The largest absolute Gasteiger partial charge is 0.393 e. The van der Waals surface area contributed by atoms with Gasteiger partial charge in [0.2, 0.25) is 10.0 Å². The summed E-state index contributed by atoms with van der Waals surface area (Å²) in [6.07, 6.45) is 0. The van der Waals surface area contributed by atoms with Gasteiger partial charge in [0.1, 0.15) is 5.69 Å². The normalized spacial score (nSPS) is 23.9. The molecule has 0 saturated carbocycles. The molecule has 0 spiro atoms. The summed E-state index contributed by atoms with van der Waals surface area (Å²) in [7, 11) is -3.64. The summed E-state index contributed by atoms with van der Waals surface area (Å²) in [6, 6.07) is 3.52. The second-order valence-corrected chi connectivity index (χ2v) is 7.19. The molecular weight excluding hydrogens is 282 g/mol. The minimum atomic E-state index is -3.64. The SMILES string of the molecule is CC1CN(S(=O)(=O)c2ccc([N+](=O)[O-])c(N)c2)CC1C. The summed E-state index contributed by atoms with van der Waals surface area (Å²) in [4.78, 5) is 10.1. The van der Waals surface area contributed by atoms with Crippen molar-refractivity contribution < 1.29 is 13.3 Å². The van der Waals surface area contributed by atoms with Crippen LogP contribution in [0.4, 0.5) is 11.4 Å². The first kappa shape index (κ1) is 14.7. The highest BCUT2D eigenvalue weighted by Gasteiger charge is 2.35. The Labute approximate surface area is 117 Å². The molecule has 1 aromatic carbocycles. The lowest BCUT2D eigenvalue weighted by atomic mass is 10.0. The van der Waals surface area contributed by atoms with Gasteiger partial charge >= 0.3 is 0 Å². The number of hydrogen-bond acceptors (Lipinski definition) is 5. The summed E-state index contributed by atoms with van der Waals surface area (Å²) in [5.74, 6) is 0.584. The average molecular weight is 299 g/mol. The van der Waals surface area contributed by atoms with E-state index in [0.29, 0.717) is 24.9 Å². The lowest BCUT2D eigenvalue weighted by Crippen LogP contribution is -2.29. The molecule has 1 aliphatic rings. The van der Waals surface area contributed by atoms with E-state index in [2.05, 4.69) is 0 Å². The van der Waals surface area contributed by atoms with Crippen molar-refractivity contribution in [3.63, 3.8) is 0 Å². The zero-order chi connectivity index (χ0) is 15.1. The van der Waals surface area contributed by atoms with Gasteiger partial charge in [-0.25, -0.2) is 8.42 Å². The lowest BCUT2D eigenvalue weighted by Gasteiger charge is -2.16. The molecular formula is C12H17N3O4S. The molecule has 8 heteroatoms. The molecule has 7 nitrogen and oxygen atoms in total. The number of nitrogens with zero attached hydrogens (tertiary/aromatic N) is 2. The number of sulfonamides is 1. The van der Waals surface area contributed by atoms with Crippen LogP contribution < -0.4 is 5.73 Å². The number of nitro groups is 1. The third kappa shape index (κ3) is 2.48. The van der Waals surface area contributed by atoms with Crippen LogP contribution in [0, 0.1) is 22.0 Å². The predicted molar refractivity (Wildman–Crippen MR) is 74.6 cm³/mol. The summed E-state index contributed by atoms with van der Waals surface area (Å²) in [5.41, 5.74) is 5.12. The molecule has 2 unspecified atom stereocenters. The fourth-order valence-corrected chi connectivity index (χ4v) is 3.96. The van der Waals surface area contributed by atoms with E-state index in [4.69, 9.17) is 5.73 Å². The number of benzene rings is 1. The zero-order valence-corrected chi connectivity index (χ0v) is 12.1. The molecule has 1 aliphatic heterocycles. The molecule has 2 rings (SSSR count). The molecule has 0 aliphatic carbocycles. The number of rotatable bonds is 3. The molecule has 110 valence electrons. The molecule has 2 N–H and O–H groups in total. The van der Waals surface area contributed by atoms with E-state index in [9.17, 15) is 18.5 Å². The number of anilines is 1. The molecule has 1 heterocycles. The fraction of sp³-hybridized carbons (Fsp3) is 0.500. The van der Waals surface area contributed by atoms with E-state index >= 15 is 0 Å². The third-order valence-corrected chi connectivity index (χ3v) is 5.62. The average Bonchev–Trinajstić information content (AvgIpc) is 2.69. The van der Waals surface area contributed by atoms with E-state index in [1.54, 1.807) is 0 Å². The predicted octanol–water partition coefficient (Wildman–Crippen LogP) is 1.45. The number of nitro benzene ring substituents is 1. The Morgan fingerprint density at radius 3 is 2.30 bits per heavy atom. The molecule has 1 fully saturated rings. The maximum Gasteiger partial charge on any atom is 0.292 e. The van der Waals surface area contributed by atoms with Crippen molar-refractivity contribution in [3.8, 4) is 0 Å². The van der Waals surface area contributed by atoms with Crippen LogP contribution in [0.25, 0.3) is 0 Å². The Morgan fingerprint density at radius 2 is 1.85 bits per heavy atom. The van der Waals surface area contributed by atoms with Gasteiger partial charge in [-0.2, -0.15) is 4.31 Å². The number of nitrogens with two attached hydrogens (primary N) is 1. The van der Waals surface area contributed by atoms with E-state index in [1.807, 2.05) is 13.8 Å². The second-order valence-electron chi connectivity index (χ2n) is 5.25. The van der Waals surface area contributed by atoms with E-state index < -0.39 is 14.9 Å². The van der Waals surface area contributed by atoms with Crippen molar-refractivity contribution in [2.45, 2.75) is 18.7 Å². The van der Waals surface area contributed by atoms with Gasteiger partial charge in [0, 0.05) is 19.2 Å². The minimum Gasteiger partial charge on any atom is -0.393 e. The topological polar surface area (TPSA) is 107 Å². The van der Waals surface area contributed by atoms with Crippen LogP contribution in [0.3, 0.4) is 0 Å². The maximum absolute atomic E-state index is 12.5. The molecule has 0 aromatic heterocycles. The first-order valence-corrected chi connectivity index (χ1v) is 7.71. The second kappa shape index (κ2) is 5.02. The van der Waals surface area contributed by atoms with Gasteiger partial charge in [-0.3, -0.25) is 10.1 Å². The van der Waals surface area contributed by atoms with Crippen molar-refractivity contribution in [3.05, 3.63) is 28.3 Å². The van der Waals surface area contributed by atoms with Crippen molar-refractivity contribution in [2.24, 2.45) is 11.8 Å². The Morgan fingerprint density at radius 1 is 1.30 bits per heavy atom. The van der Waals surface area contributed by atoms with Crippen molar-refractivity contribution in [1.82, 2.24) is 4.31 Å². The van der Waals surface area contributed by atoms with Crippen LogP contribution >= 0.6 is 0 Å². The monoisotopic (exact) mass is 299 g/mol. The quantitative estimate of drug-likeness (QED) is 0.516. The maximum atomic E-state index is 12.5. The van der Waals surface area contributed by atoms with Gasteiger partial charge in [0.25, 0.3) is 5.69 Å². The molecule has 20 heavy (non-hydrogen) atoms.